The van der Waals surface area contributed by atoms with E-state index in [0.717, 1.165) is 30.0 Å². The zero-order valence-corrected chi connectivity index (χ0v) is 17.8. The van der Waals surface area contributed by atoms with E-state index in [0.29, 0.717) is 25.2 Å². The molecule has 162 valence electrons. The maximum absolute atomic E-state index is 13.3. The highest BCUT2D eigenvalue weighted by Crippen LogP contribution is 2.33. The molecule has 1 fully saturated rings. The minimum atomic E-state index is -0.371. The third-order valence-corrected chi connectivity index (χ3v) is 6.01. The van der Waals surface area contributed by atoms with Gasteiger partial charge in [-0.2, -0.15) is 0 Å². The van der Waals surface area contributed by atoms with E-state index in [1.54, 1.807) is 35.2 Å². The minimum Gasteiger partial charge on any atom is -0.507 e. The van der Waals surface area contributed by atoms with Gasteiger partial charge in [0, 0.05) is 56.5 Å². The molecule has 1 atom stereocenters. The molecule has 0 unspecified atom stereocenters. The second-order valence-corrected chi connectivity index (χ2v) is 7.82. The zero-order valence-electron chi connectivity index (χ0n) is 17.8. The Kier molecular flexibility index (Phi) is 6.04. The lowest BCUT2D eigenvalue weighted by Gasteiger charge is -2.40. The minimum absolute atomic E-state index is 0.0231. The molecule has 1 saturated heterocycles. The molecule has 0 spiro atoms. The van der Waals surface area contributed by atoms with Crippen molar-refractivity contribution < 1.29 is 9.50 Å². The van der Waals surface area contributed by atoms with Crippen LogP contribution in [0.1, 0.15) is 29.8 Å². The van der Waals surface area contributed by atoms with Gasteiger partial charge in [0.15, 0.2) is 0 Å². The number of benzene rings is 1. The number of aryl methyl sites for hydroxylation is 1. The summed E-state index contributed by atoms with van der Waals surface area (Å²) in [4.78, 5) is 21.9. The molecular formula is C24H27FN4O2. The molecule has 6 nitrogen and oxygen atoms in total. The molecule has 0 bridgehead atoms. The van der Waals surface area contributed by atoms with Gasteiger partial charge in [0.25, 0.3) is 5.56 Å². The predicted octanol–water partition coefficient (Wildman–Crippen LogP) is 3.33. The van der Waals surface area contributed by atoms with Gasteiger partial charge in [0.05, 0.1) is 11.6 Å². The molecule has 4 rings (SSSR count). The van der Waals surface area contributed by atoms with Gasteiger partial charge in [-0.3, -0.25) is 14.7 Å². The van der Waals surface area contributed by atoms with Crippen LogP contribution in [0, 0.1) is 12.7 Å². The van der Waals surface area contributed by atoms with Gasteiger partial charge in [0.1, 0.15) is 11.6 Å². The first-order chi connectivity index (χ1) is 15.0. The Morgan fingerprint density at radius 3 is 2.32 bits per heavy atom. The largest absolute Gasteiger partial charge is 0.507 e. The summed E-state index contributed by atoms with van der Waals surface area (Å²) in [6.07, 6.45) is 3.42. The molecule has 1 aliphatic rings. The zero-order chi connectivity index (χ0) is 22.0. The van der Waals surface area contributed by atoms with Crippen molar-refractivity contribution in [2.45, 2.75) is 26.4 Å². The van der Waals surface area contributed by atoms with Crippen LogP contribution in [0.5, 0.6) is 5.75 Å². The Hall–Kier alpha value is -3.19. The van der Waals surface area contributed by atoms with E-state index in [-0.39, 0.29) is 23.2 Å². The molecule has 3 heterocycles. The van der Waals surface area contributed by atoms with Gasteiger partial charge in [-0.25, -0.2) is 4.39 Å². The van der Waals surface area contributed by atoms with Gasteiger partial charge in [-0.15, -0.1) is 0 Å². The van der Waals surface area contributed by atoms with Crippen molar-refractivity contribution in [2.24, 2.45) is 0 Å². The molecule has 0 amide bonds. The summed E-state index contributed by atoms with van der Waals surface area (Å²) in [5.74, 6) is -0.225. The van der Waals surface area contributed by atoms with Crippen molar-refractivity contribution in [3.05, 3.63) is 87.9 Å². The number of halogens is 1. The fourth-order valence-corrected chi connectivity index (χ4v) is 4.41. The highest BCUT2D eigenvalue weighted by molar-refractivity contribution is 5.47. The highest BCUT2D eigenvalue weighted by Gasteiger charge is 2.31. The van der Waals surface area contributed by atoms with E-state index in [2.05, 4.69) is 14.8 Å². The van der Waals surface area contributed by atoms with Gasteiger partial charge in [-0.05, 0) is 61.9 Å². The van der Waals surface area contributed by atoms with Crippen LogP contribution in [0.2, 0.25) is 0 Å². The van der Waals surface area contributed by atoms with Crippen molar-refractivity contribution in [1.29, 1.82) is 0 Å². The topological polar surface area (TPSA) is 61.6 Å². The highest BCUT2D eigenvalue weighted by atomic mass is 19.1. The predicted molar refractivity (Wildman–Crippen MR) is 119 cm³/mol. The van der Waals surface area contributed by atoms with E-state index >= 15 is 0 Å². The number of pyridine rings is 2. The van der Waals surface area contributed by atoms with Crippen LogP contribution < -0.4 is 10.5 Å². The van der Waals surface area contributed by atoms with Crippen LogP contribution in [-0.4, -0.2) is 45.7 Å². The Balaban J connectivity index is 1.69. The number of aromatic hydroxyl groups is 1. The number of anilines is 1. The van der Waals surface area contributed by atoms with Crippen molar-refractivity contribution in [2.75, 3.05) is 31.1 Å². The summed E-state index contributed by atoms with van der Waals surface area (Å²) < 4.78 is 15.0. The molecule has 3 aromatic rings. The van der Waals surface area contributed by atoms with E-state index in [9.17, 15) is 14.3 Å². The second kappa shape index (κ2) is 8.89. The summed E-state index contributed by atoms with van der Waals surface area (Å²) >= 11 is 0. The number of rotatable bonds is 5. The molecule has 0 radical (unpaired) electrons. The number of piperazine rings is 1. The fraction of sp³-hybridized carbons (Fsp3) is 0.333. The summed E-state index contributed by atoms with van der Waals surface area (Å²) in [5.41, 5.74) is 2.87. The van der Waals surface area contributed by atoms with Gasteiger partial charge >= 0.3 is 0 Å². The van der Waals surface area contributed by atoms with Crippen molar-refractivity contribution in [1.82, 2.24) is 14.5 Å². The van der Waals surface area contributed by atoms with Crippen molar-refractivity contribution >= 4 is 5.69 Å². The summed E-state index contributed by atoms with van der Waals surface area (Å²) in [5, 5.41) is 10.8. The van der Waals surface area contributed by atoms with Gasteiger partial charge in [-0.1, -0.05) is 0 Å². The lowest BCUT2D eigenvalue weighted by molar-refractivity contribution is 0.207. The van der Waals surface area contributed by atoms with E-state index < -0.39 is 0 Å². The van der Waals surface area contributed by atoms with E-state index in [4.69, 9.17) is 0 Å². The van der Waals surface area contributed by atoms with Crippen LogP contribution in [-0.2, 0) is 6.54 Å². The van der Waals surface area contributed by atoms with Crippen molar-refractivity contribution in [3.8, 4) is 5.75 Å². The molecule has 2 aromatic heterocycles. The molecule has 1 aromatic carbocycles. The lowest BCUT2D eigenvalue weighted by Crippen LogP contribution is -2.49. The Bertz CT molecular complexity index is 1090. The van der Waals surface area contributed by atoms with E-state index in [1.165, 1.54) is 12.1 Å². The first-order valence-electron chi connectivity index (χ1n) is 10.6. The SMILES string of the molecule is CCn1c(C)cc(O)c([C@@H](c2ccncc2)N2CCN(c3ccc(F)cc3)CC2)c1=O. The second-order valence-electron chi connectivity index (χ2n) is 7.82. The van der Waals surface area contributed by atoms with Crippen LogP contribution in [0.15, 0.2) is 59.7 Å². The first-order valence-corrected chi connectivity index (χ1v) is 10.6. The average Bonchev–Trinajstić information content (AvgIpc) is 2.78. The number of nitrogens with zero attached hydrogens (tertiary/aromatic N) is 4. The Labute approximate surface area is 181 Å². The number of hydrogen-bond donors (Lipinski definition) is 1. The summed E-state index contributed by atoms with van der Waals surface area (Å²) in [6.45, 7) is 7.17. The molecule has 1 N–H and O–H groups in total. The van der Waals surface area contributed by atoms with Gasteiger partial charge < -0.3 is 14.6 Å². The standard InChI is InChI=1S/C24H27FN4O2/c1-3-29-17(2)16-21(30)22(24(29)31)23(18-8-10-26-11-9-18)28-14-12-27(13-15-28)20-6-4-19(25)5-7-20/h4-11,16,23,30H,3,12-15H2,1-2H3/t23-/m1/s1. The van der Waals surface area contributed by atoms with E-state index in [1.807, 2.05) is 26.0 Å². The monoisotopic (exact) mass is 422 g/mol. The molecule has 31 heavy (non-hydrogen) atoms. The van der Waals surface area contributed by atoms with Crippen LogP contribution in [0.3, 0.4) is 0 Å². The van der Waals surface area contributed by atoms with Crippen LogP contribution in [0.25, 0.3) is 0 Å². The number of hydrogen-bond acceptors (Lipinski definition) is 5. The molecular weight excluding hydrogens is 395 g/mol. The van der Waals surface area contributed by atoms with Crippen LogP contribution >= 0.6 is 0 Å². The fourth-order valence-electron chi connectivity index (χ4n) is 4.41. The molecule has 0 saturated carbocycles. The third kappa shape index (κ3) is 4.18. The molecule has 1 aliphatic heterocycles. The Morgan fingerprint density at radius 2 is 1.71 bits per heavy atom. The maximum Gasteiger partial charge on any atom is 0.259 e. The molecule has 7 heteroatoms. The first kappa shape index (κ1) is 21.1. The lowest BCUT2D eigenvalue weighted by atomic mass is 9.96. The summed E-state index contributed by atoms with van der Waals surface area (Å²) in [6, 6.07) is 11.6. The third-order valence-electron chi connectivity index (χ3n) is 6.01. The smallest absolute Gasteiger partial charge is 0.259 e. The maximum atomic E-state index is 13.3. The summed E-state index contributed by atoms with van der Waals surface area (Å²) in [7, 11) is 0. The van der Waals surface area contributed by atoms with Crippen molar-refractivity contribution in [3.63, 3.8) is 0 Å². The van der Waals surface area contributed by atoms with Gasteiger partial charge in [0.2, 0.25) is 0 Å². The number of aromatic nitrogens is 2. The molecule has 0 aliphatic carbocycles. The average molecular weight is 423 g/mol. The quantitative estimate of drug-likeness (QED) is 0.684. The Morgan fingerprint density at radius 1 is 1.06 bits per heavy atom. The normalized spacial score (nSPS) is 15.8. The van der Waals surface area contributed by atoms with Crippen LogP contribution in [0.4, 0.5) is 10.1 Å².